The van der Waals surface area contributed by atoms with Crippen molar-refractivity contribution in [3.05, 3.63) is 59.7 Å². The highest BCUT2D eigenvalue weighted by Gasteiger charge is 2.48. The number of hydrogen-bond acceptors (Lipinski definition) is 4. The van der Waals surface area contributed by atoms with Gasteiger partial charge >= 0.3 is 0 Å². The Morgan fingerprint density at radius 1 is 1.04 bits per heavy atom. The normalized spacial score (nSPS) is 20.6. The van der Waals surface area contributed by atoms with Crippen LogP contribution in [0, 0.1) is 11.8 Å². The molecule has 3 unspecified atom stereocenters. The lowest BCUT2D eigenvalue weighted by Gasteiger charge is -2.14. The highest BCUT2D eigenvalue weighted by molar-refractivity contribution is 5.92. The fourth-order valence-corrected chi connectivity index (χ4v) is 3.29. The molecule has 2 aliphatic rings. The third-order valence-corrected chi connectivity index (χ3v) is 5.03. The van der Waals surface area contributed by atoms with Crippen LogP contribution in [0.2, 0.25) is 0 Å². The molecule has 0 saturated heterocycles. The van der Waals surface area contributed by atoms with Gasteiger partial charge in [0.25, 0.3) is 0 Å². The van der Waals surface area contributed by atoms with Crippen molar-refractivity contribution in [3.8, 4) is 11.5 Å². The first-order valence-corrected chi connectivity index (χ1v) is 9.13. The van der Waals surface area contributed by atoms with Crippen LogP contribution in [0.3, 0.4) is 0 Å². The zero-order valence-corrected chi connectivity index (χ0v) is 15.1. The van der Waals surface area contributed by atoms with Gasteiger partial charge in [0, 0.05) is 6.54 Å². The Labute approximate surface area is 157 Å². The Morgan fingerprint density at radius 2 is 1.78 bits per heavy atom. The number of amides is 2. The molecule has 6 heteroatoms. The molecule has 2 aromatic rings. The fourth-order valence-electron chi connectivity index (χ4n) is 3.29. The van der Waals surface area contributed by atoms with Gasteiger partial charge in [0.15, 0.2) is 11.5 Å². The molecule has 0 spiro atoms. The van der Waals surface area contributed by atoms with Crippen molar-refractivity contribution in [3.63, 3.8) is 0 Å². The summed E-state index contributed by atoms with van der Waals surface area (Å²) in [6.45, 7) is 2.58. The van der Waals surface area contributed by atoms with Gasteiger partial charge in [-0.2, -0.15) is 0 Å². The molecule has 6 nitrogen and oxygen atoms in total. The molecule has 0 radical (unpaired) electrons. The van der Waals surface area contributed by atoms with Crippen LogP contribution in [0.5, 0.6) is 11.5 Å². The van der Waals surface area contributed by atoms with Crippen molar-refractivity contribution in [1.82, 2.24) is 10.6 Å². The van der Waals surface area contributed by atoms with Gasteiger partial charge in [-0.25, -0.2) is 0 Å². The molecule has 27 heavy (non-hydrogen) atoms. The summed E-state index contributed by atoms with van der Waals surface area (Å²) in [5, 5.41) is 5.90. The largest absolute Gasteiger partial charge is 0.454 e. The summed E-state index contributed by atoms with van der Waals surface area (Å²) < 4.78 is 10.6. The average Bonchev–Trinajstić information content (AvgIpc) is 3.37. The fraction of sp³-hybridized carbons (Fsp3) is 0.333. The molecule has 1 fully saturated rings. The minimum atomic E-state index is -0.248. The van der Waals surface area contributed by atoms with E-state index < -0.39 is 0 Å². The van der Waals surface area contributed by atoms with Gasteiger partial charge in [-0.1, -0.05) is 36.4 Å². The SMILES string of the molecule is CC(NC(=O)C1CC1C(=O)NCc1ccc2c(c1)OCO2)c1ccccc1. The van der Waals surface area contributed by atoms with Crippen LogP contribution >= 0.6 is 0 Å². The van der Waals surface area contributed by atoms with E-state index in [0.29, 0.717) is 18.7 Å². The van der Waals surface area contributed by atoms with Crippen molar-refractivity contribution in [1.29, 1.82) is 0 Å². The first-order valence-electron chi connectivity index (χ1n) is 9.13. The molecular formula is C21H22N2O4. The number of carbonyl (C=O) groups excluding carboxylic acids is 2. The van der Waals surface area contributed by atoms with Crippen LogP contribution in [-0.2, 0) is 16.1 Å². The Kier molecular flexibility index (Phi) is 4.71. The van der Waals surface area contributed by atoms with Crippen LogP contribution < -0.4 is 20.1 Å². The van der Waals surface area contributed by atoms with Crippen molar-refractivity contribution >= 4 is 11.8 Å². The second-order valence-corrected chi connectivity index (χ2v) is 7.00. The number of rotatable bonds is 6. The van der Waals surface area contributed by atoms with E-state index in [2.05, 4.69) is 10.6 Å². The lowest BCUT2D eigenvalue weighted by atomic mass is 10.1. The van der Waals surface area contributed by atoms with E-state index in [-0.39, 0.29) is 36.5 Å². The molecule has 3 atom stereocenters. The van der Waals surface area contributed by atoms with Gasteiger partial charge in [0.2, 0.25) is 18.6 Å². The van der Waals surface area contributed by atoms with Gasteiger partial charge in [-0.3, -0.25) is 9.59 Å². The third kappa shape index (κ3) is 3.89. The average molecular weight is 366 g/mol. The monoisotopic (exact) mass is 366 g/mol. The van der Waals surface area contributed by atoms with E-state index in [4.69, 9.17) is 9.47 Å². The van der Waals surface area contributed by atoms with Crippen LogP contribution in [0.4, 0.5) is 0 Å². The lowest BCUT2D eigenvalue weighted by Crippen LogP contribution is -2.31. The standard InChI is InChI=1S/C21H22N2O4/c1-13(15-5-3-2-4-6-15)23-21(25)17-10-16(17)20(24)22-11-14-7-8-18-19(9-14)27-12-26-18/h2-9,13,16-17H,10-12H2,1H3,(H,22,24)(H,23,25). The maximum atomic E-state index is 12.4. The highest BCUT2D eigenvalue weighted by Crippen LogP contribution is 2.39. The summed E-state index contributed by atoms with van der Waals surface area (Å²) in [4.78, 5) is 24.7. The quantitative estimate of drug-likeness (QED) is 0.824. The predicted octanol–water partition coefficient (Wildman–Crippen LogP) is 2.55. The maximum Gasteiger partial charge on any atom is 0.231 e. The number of carbonyl (C=O) groups is 2. The molecule has 2 amide bonds. The molecule has 2 N–H and O–H groups in total. The summed E-state index contributed by atoms with van der Waals surface area (Å²) in [5.41, 5.74) is 1.99. The van der Waals surface area contributed by atoms with E-state index in [0.717, 1.165) is 16.9 Å². The summed E-state index contributed by atoms with van der Waals surface area (Å²) in [6, 6.07) is 15.3. The molecule has 2 aromatic carbocycles. The maximum absolute atomic E-state index is 12.4. The van der Waals surface area contributed by atoms with E-state index >= 15 is 0 Å². The zero-order chi connectivity index (χ0) is 18.8. The molecule has 4 rings (SSSR count). The van der Waals surface area contributed by atoms with Crippen LogP contribution in [0.25, 0.3) is 0 Å². The molecular weight excluding hydrogens is 344 g/mol. The summed E-state index contributed by atoms with van der Waals surface area (Å²) in [7, 11) is 0. The minimum Gasteiger partial charge on any atom is -0.454 e. The molecule has 1 heterocycles. The van der Waals surface area contributed by atoms with Gasteiger partial charge in [0.1, 0.15) is 0 Å². The summed E-state index contributed by atoms with van der Waals surface area (Å²) >= 11 is 0. The summed E-state index contributed by atoms with van der Waals surface area (Å²) in [6.07, 6.45) is 0.598. The highest BCUT2D eigenvalue weighted by atomic mass is 16.7. The number of fused-ring (bicyclic) bond motifs is 1. The van der Waals surface area contributed by atoms with Crippen molar-refractivity contribution in [2.75, 3.05) is 6.79 Å². The topological polar surface area (TPSA) is 76.7 Å². The third-order valence-electron chi connectivity index (χ3n) is 5.03. The van der Waals surface area contributed by atoms with Crippen LogP contribution in [0.15, 0.2) is 48.5 Å². The van der Waals surface area contributed by atoms with Crippen molar-refractivity contribution in [2.45, 2.75) is 25.9 Å². The molecule has 0 bridgehead atoms. The van der Waals surface area contributed by atoms with E-state index in [1.54, 1.807) is 0 Å². The van der Waals surface area contributed by atoms with E-state index in [1.807, 2.05) is 55.5 Å². The predicted molar refractivity (Wildman–Crippen MR) is 99.0 cm³/mol. The first kappa shape index (κ1) is 17.4. The summed E-state index contributed by atoms with van der Waals surface area (Å²) in [5.74, 6) is 0.779. The van der Waals surface area contributed by atoms with Crippen molar-refractivity contribution in [2.24, 2.45) is 11.8 Å². The number of ether oxygens (including phenoxy) is 2. The Bertz CT molecular complexity index is 853. The Hall–Kier alpha value is -3.02. The molecule has 0 aromatic heterocycles. The van der Waals surface area contributed by atoms with E-state index in [1.165, 1.54) is 0 Å². The molecule has 140 valence electrons. The van der Waals surface area contributed by atoms with Crippen LogP contribution in [0.1, 0.15) is 30.5 Å². The smallest absolute Gasteiger partial charge is 0.231 e. The number of hydrogen-bond donors (Lipinski definition) is 2. The van der Waals surface area contributed by atoms with Gasteiger partial charge in [0.05, 0.1) is 17.9 Å². The molecule has 1 aliphatic heterocycles. The second kappa shape index (κ2) is 7.31. The zero-order valence-electron chi connectivity index (χ0n) is 15.1. The molecule has 1 saturated carbocycles. The Balaban J connectivity index is 1.25. The van der Waals surface area contributed by atoms with Gasteiger partial charge < -0.3 is 20.1 Å². The second-order valence-electron chi connectivity index (χ2n) is 7.00. The number of benzene rings is 2. The first-order chi connectivity index (χ1) is 13.1. The number of nitrogens with one attached hydrogen (secondary N) is 2. The Morgan fingerprint density at radius 3 is 2.59 bits per heavy atom. The minimum absolute atomic E-state index is 0.0606. The molecule has 1 aliphatic carbocycles. The van der Waals surface area contributed by atoms with Crippen molar-refractivity contribution < 1.29 is 19.1 Å². The van der Waals surface area contributed by atoms with Gasteiger partial charge in [-0.15, -0.1) is 0 Å². The van der Waals surface area contributed by atoms with E-state index in [9.17, 15) is 9.59 Å². The van der Waals surface area contributed by atoms with Crippen LogP contribution in [-0.4, -0.2) is 18.6 Å². The lowest BCUT2D eigenvalue weighted by molar-refractivity contribution is -0.127. The van der Waals surface area contributed by atoms with Gasteiger partial charge in [-0.05, 0) is 36.6 Å².